The lowest BCUT2D eigenvalue weighted by Crippen LogP contribution is -2.60. The lowest BCUT2D eigenvalue weighted by Gasteiger charge is -2.40. The third kappa shape index (κ3) is 29.6. The minimum absolute atomic E-state index is 0.189. The molecular formula is C49H91NO8. The van der Waals surface area contributed by atoms with Crippen LogP contribution in [0.1, 0.15) is 213 Å². The molecule has 0 spiro atoms. The van der Waals surface area contributed by atoms with E-state index in [1.807, 2.05) is 6.08 Å². The van der Waals surface area contributed by atoms with Gasteiger partial charge in [-0.1, -0.05) is 185 Å². The molecule has 7 atom stereocenters. The van der Waals surface area contributed by atoms with Gasteiger partial charge in [-0.25, -0.2) is 0 Å². The number of amides is 1. The summed E-state index contributed by atoms with van der Waals surface area (Å²) in [6, 6.07) is -0.818. The maximum atomic E-state index is 12.9. The Morgan fingerprint density at radius 2 is 0.983 bits per heavy atom. The molecule has 7 unspecified atom stereocenters. The molecule has 0 aromatic heterocycles. The van der Waals surface area contributed by atoms with Gasteiger partial charge in [0.15, 0.2) is 6.29 Å². The molecule has 1 rings (SSSR count). The summed E-state index contributed by atoms with van der Waals surface area (Å²) < 4.78 is 11.2. The standard InChI is InChI=1S/C49H91NO8/c1-3-5-7-9-11-13-15-16-17-18-19-20-21-22-23-24-25-26-27-28-29-31-33-35-37-39-45(53)50-42(41-57-49-48(56)47(55)46(54)44(40-51)58-49)43(52)38-36-34-32-30-14-12-10-8-6-4-2/h14,18-19,30,36,38,42-44,46-49,51-52,54-56H,3-13,15-17,20-29,31-35,37,39-41H2,1-2H3,(H,50,53)/b19-18-,30-14+,38-36+. The molecule has 9 nitrogen and oxygen atoms in total. The Labute approximate surface area is 355 Å². The van der Waals surface area contributed by atoms with Crippen LogP contribution in [0.4, 0.5) is 0 Å². The van der Waals surface area contributed by atoms with E-state index in [1.165, 1.54) is 154 Å². The largest absolute Gasteiger partial charge is 0.394 e. The smallest absolute Gasteiger partial charge is 0.220 e. The molecule has 1 heterocycles. The van der Waals surface area contributed by atoms with E-state index in [2.05, 4.69) is 43.5 Å². The minimum Gasteiger partial charge on any atom is -0.394 e. The average Bonchev–Trinajstić information content (AvgIpc) is 3.22. The Morgan fingerprint density at radius 3 is 1.47 bits per heavy atom. The van der Waals surface area contributed by atoms with E-state index in [-0.39, 0.29) is 12.5 Å². The minimum atomic E-state index is -1.57. The summed E-state index contributed by atoms with van der Waals surface area (Å²) in [5.41, 5.74) is 0. The third-order valence-electron chi connectivity index (χ3n) is 11.4. The van der Waals surface area contributed by atoms with Crippen LogP contribution in [-0.4, -0.2) is 87.5 Å². The average molecular weight is 822 g/mol. The molecule has 1 fully saturated rings. The summed E-state index contributed by atoms with van der Waals surface area (Å²) in [5.74, 6) is -0.189. The van der Waals surface area contributed by atoms with E-state index in [4.69, 9.17) is 9.47 Å². The van der Waals surface area contributed by atoms with Crippen molar-refractivity contribution in [1.82, 2.24) is 5.32 Å². The Bertz CT molecular complexity index is 1000. The van der Waals surface area contributed by atoms with Crippen LogP contribution in [0, 0.1) is 0 Å². The summed E-state index contributed by atoms with van der Waals surface area (Å²) >= 11 is 0. The Morgan fingerprint density at radius 1 is 0.569 bits per heavy atom. The molecule has 340 valence electrons. The van der Waals surface area contributed by atoms with Gasteiger partial charge in [0.2, 0.25) is 5.91 Å². The summed E-state index contributed by atoms with van der Waals surface area (Å²) in [6.07, 6.45) is 42.1. The topological polar surface area (TPSA) is 149 Å². The molecule has 0 aromatic rings. The van der Waals surface area contributed by atoms with Crippen LogP contribution in [0.5, 0.6) is 0 Å². The summed E-state index contributed by atoms with van der Waals surface area (Å²) in [6.45, 7) is 3.72. The van der Waals surface area contributed by atoms with Gasteiger partial charge in [-0.15, -0.1) is 0 Å². The van der Waals surface area contributed by atoms with Crippen LogP contribution in [-0.2, 0) is 14.3 Å². The summed E-state index contributed by atoms with van der Waals surface area (Å²) in [4.78, 5) is 12.9. The van der Waals surface area contributed by atoms with Crippen molar-refractivity contribution in [3.8, 4) is 0 Å². The van der Waals surface area contributed by atoms with Crippen LogP contribution >= 0.6 is 0 Å². The number of unbranched alkanes of at least 4 members (excludes halogenated alkanes) is 26. The monoisotopic (exact) mass is 822 g/mol. The molecule has 1 aliphatic rings. The van der Waals surface area contributed by atoms with Crippen LogP contribution < -0.4 is 5.32 Å². The predicted molar refractivity (Wildman–Crippen MR) is 240 cm³/mol. The number of rotatable bonds is 40. The highest BCUT2D eigenvalue weighted by molar-refractivity contribution is 5.76. The molecule has 0 saturated carbocycles. The molecule has 0 aromatic carbocycles. The second-order valence-corrected chi connectivity index (χ2v) is 16.9. The van der Waals surface area contributed by atoms with Gasteiger partial charge < -0.3 is 40.3 Å². The molecule has 0 bridgehead atoms. The fraction of sp³-hybridized carbons (Fsp3) is 0.857. The zero-order valence-corrected chi connectivity index (χ0v) is 37.3. The van der Waals surface area contributed by atoms with Gasteiger partial charge in [0.25, 0.3) is 0 Å². The zero-order chi connectivity index (χ0) is 42.3. The highest BCUT2D eigenvalue weighted by Gasteiger charge is 2.44. The molecule has 6 N–H and O–H groups in total. The van der Waals surface area contributed by atoms with E-state index in [0.29, 0.717) is 6.42 Å². The van der Waals surface area contributed by atoms with Crippen LogP contribution in [0.2, 0.25) is 0 Å². The lowest BCUT2D eigenvalue weighted by molar-refractivity contribution is -0.302. The highest BCUT2D eigenvalue weighted by atomic mass is 16.7. The maximum Gasteiger partial charge on any atom is 0.220 e. The first-order chi connectivity index (χ1) is 28.3. The normalized spacial score (nSPS) is 21.1. The van der Waals surface area contributed by atoms with Crippen molar-refractivity contribution in [2.24, 2.45) is 0 Å². The van der Waals surface area contributed by atoms with E-state index in [9.17, 15) is 30.3 Å². The van der Waals surface area contributed by atoms with Gasteiger partial charge in [-0.3, -0.25) is 4.79 Å². The van der Waals surface area contributed by atoms with E-state index < -0.39 is 49.5 Å². The van der Waals surface area contributed by atoms with Crippen LogP contribution in [0.15, 0.2) is 36.5 Å². The first kappa shape index (κ1) is 54.4. The molecule has 0 radical (unpaired) electrons. The van der Waals surface area contributed by atoms with Crippen LogP contribution in [0.3, 0.4) is 0 Å². The van der Waals surface area contributed by atoms with Crippen molar-refractivity contribution in [3.63, 3.8) is 0 Å². The predicted octanol–water partition coefficient (Wildman–Crippen LogP) is 10.5. The number of hydrogen-bond acceptors (Lipinski definition) is 8. The Balaban J connectivity index is 2.22. The SMILES string of the molecule is CCCCCC/C=C/CC/C=C/C(O)C(COC1OC(CO)C(O)C(O)C1O)NC(=O)CCCCCCCCCCCCCCC/C=C\CCCCCCCCCC. The fourth-order valence-corrected chi connectivity index (χ4v) is 7.52. The molecule has 9 heteroatoms. The molecule has 1 saturated heterocycles. The van der Waals surface area contributed by atoms with Crippen molar-refractivity contribution in [3.05, 3.63) is 36.5 Å². The number of aliphatic hydroxyl groups excluding tert-OH is 5. The zero-order valence-electron chi connectivity index (χ0n) is 37.3. The van der Waals surface area contributed by atoms with Gasteiger partial charge in [0, 0.05) is 6.42 Å². The number of allylic oxidation sites excluding steroid dienone is 5. The van der Waals surface area contributed by atoms with E-state index in [1.54, 1.807) is 6.08 Å². The molecular weight excluding hydrogens is 731 g/mol. The third-order valence-corrected chi connectivity index (χ3v) is 11.4. The highest BCUT2D eigenvalue weighted by Crippen LogP contribution is 2.22. The van der Waals surface area contributed by atoms with E-state index >= 15 is 0 Å². The molecule has 0 aliphatic carbocycles. The first-order valence-corrected chi connectivity index (χ1v) is 24.2. The van der Waals surface area contributed by atoms with Gasteiger partial charge in [0.1, 0.15) is 24.4 Å². The van der Waals surface area contributed by atoms with Gasteiger partial charge in [0.05, 0.1) is 25.4 Å². The number of nitrogens with one attached hydrogen (secondary N) is 1. The quantitative estimate of drug-likeness (QED) is 0.0264. The molecule has 58 heavy (non-hydrogen) atoms. The number of hydrogen-bond donors (Lipinski definition) is 6. The summed E-state index contributed by atoms with van der Waals surface area (Å²) in [7, 11) is 0. The van der Waals surface area contributed by atoms with Crippen molar-refractivity contribution in [2.75, 3.05) is 13.2 Å². The maximum absolute atomic E-state index is 12.9. The second kappa shape index (κ2) is 39.5. The number of carbonyl (C=O) groups is 1. The molecule has 1 amide bonds. The first-order valence-electron chi connectivity index (χ1n) is 24.2. The van der Waals surface area contributed by atoms with Gasteiger partial charge in [-0.2, -0.15) is 0 Å². The number of aliphatic hydroxyl groups is 5. The molecule has 1 aliphatic heterocycles. The number of ether oxygens (including phenoxy) is 2. The van der Waals surface area contributed by atoms with Gasteiger partial charge >= 0.3 is 0 Å². The van der Waals surface area contributed by atoms with Crippen LogP contribution in [0.25, 0.3) is 0 Å². The van der Waals surface area contributed by atoms with Crippen molar-refractivity contribution >= 4 is 5.91 Å². The van der Waals surface area contributed by atoms with Gasteiger partial charge in [-0.05, 0) is 57.8 Å². The van der Waals surface area contributed by atoms with Crippen molar-refractivity contribution in [2.45, 2.75) is 256 Å². The van der Waals surface area contributed by atoms with E-state index in [0.717, 1.165) is 38.5 Å². The number of carbonyl (C=O) groups excluding carboxylic acids is 1. The Kier molecular flexibility index (Phi) is 37.1. The summed E-state index contributed by atoms with van der Waals surface area (Å²) in [5, 5.41) is 54.0. The fourth-order valence-electron chi connectivity index (χ4n) is 7.52. The lowest BCUT2D eigenvalue weighted by atomic mass is 9.99. The van der Waals surface area contributed by atoms with Crippen molar-refractivity contribution < 1.29 is 39.8 Å². The Hall–Kier alpha value is -1.59. The van der Waals surface area contributed by atoms with Crippen molar-refractivity contribution in [1.29, 1.82) is 0 Å². The second-order valence-electron chi connectivity index (χ2n) is 16.9.